The highest BCUT2D eigenvalue weighted by molar-refractivity contribution is 5.84. The van der Waals surface area contributed by atoms with Crippen LogP contribution >= 0.6 is 0 Å². The molecule has 0 atom stereocenters. The molecule has 1 heterocycles. The molecule has 0 spiro atoms. The number of hydrogen-bond donors (Lipinski definition) is 1. The third-order valence-electron chi connectivity index (χ3n) is 3.40. The van der Waals surface area contributed by atoms with E-state index in [0.717, 1.165) is 11.1 Å². The number of aromatic nitrogens is 1. The van der Waals surface area contributed by atoms with Crippen LogP contribution in [0.15, 0.2) is 60.8 Å². The van der Waals surface area contributed by atoms with Crippen molar-refractivity contribution in [2.75, 3.05) is 13.2 Å². The first-order valence-electron chi connectivity index (χ1n) is 7.25. The van der Waals surface area contributed by atoms with Gasteiger partial charge in [0.15, 0.2) is 11.6 Å². The molecule has 22 heavy (non-hydrogen) atoms. The quantitative estimate of drug-likeness (QED) is 0.706. The molecule has 0 aliphatic rings. The van der Waals surface area contributed by atoms with Gasteiger partial charge in [0, 0.05) is 24.7 Å². The third kappa shape index (κ3) is 3.40. The van der Waals surface area contributed by atoms with Crippen LogP contribution in [-0.2, 0) is 6.54 Å². The van der Waals surface area contributed by atoms with Gasteiger partial charge in [0.25, 0.3) is 0 Å². The average Bonchev–Trinajstić information content (AvgIpc) is 2.58. The Labute approximate surface area is 128 Å². The Bertz CT molecular complexity index is 746. The summed E-state index contributed by atoms with van der Waals surface area (Å²) in [5, 5.41) is 4.68. The van der Waals surface area contributed by atoms with E-state index in [1.165, 1.54) is 0 Å². The molecule has 112 valence electrons. The fourth-order valence-electron chi connectivity index (χ4n) is 2.28. The van der Waals surface area contributed by atoms with Crippen molar-refractivity contribution in [3.63, 3.8) is 0 Å². The molecular weight excluding hydrogens is 279 g/mol. The van der Waals surface area contributed by atoms with E-state index < -0.39 is 0 Å². The predicted molar refractivity (Wildman–Crippen MR) is 85.3 cm³/mol. The maximum atomic E-state index is 14.3. The molecule has 3 rings (SSSR count). The van der Waals surface area contributed by atoms with Gasteiger partial charge in [-0.1, -0.05) is 36.4 Å². The van der Waals surface area contributed by atoms with Gasteiger partial charge in [-0.25, -0.2) is 4.39 Å². The number of nitrogens with one attached hydrogen (secondary N) is 1. The van der Waals surface area contributed by atoms with Gasteiger partial charge >= 0.3 is 0 Å². The van der Waals surface area contributed by atoms with Gasteiger partial charge in [0.05, 0.1) is 5.69 Å². The summed E-state index contributed by atoms with van der Waals surface area (Å²) in [5.74, 6) is -0.0128. The average molecular weight is 296 g/mol. The molecule has 0 saturated carbocycles. The first-order chi connectivity index (χ1) is 10.8. The maximum absolute atomic E-state index is 14.3. The molecule has 4 heteroatoms. The zero-order valence-electron chi connectivity index (χ0n) is 12.1. The zero-order valence-corrected chi connectivity index (χ0v) is 12.1. The highest BCUT2D eigenvalue weighted by Crippen LogP contribution is 2.25. The first-order valence-corrected chi connectivity index (χ1v) is 7.25. The summed E-state index contributed by atoms with van der Waals surface area (Å²) in [7, 11) is 0. The Morgan fingerprint density at radius 3 is 2.73 bits per heavy atom. The second-order valence-corrected chi connectivity index (χ2v) is 4.95. The van der Waals surface area contributed by atoms with Crippen molar-refractivity contribution in [1.82, 2.24) is 10.3 Å². The fraction of sp³-hybridized carbons (Fsp3) is 0.167. The predicted octanol–water partition coefficient (Wildman–Crippen LogP) is 3.54. The van der Waals surface area contributed by atoms with Gasteiger partial charge < -0.3 is 10.1 Å². The van der Waals surface area contributed by atoms with E-state index in [9.17, 15) is 4.39 Å². The number of benzene rings is 2. The minimum Gasteiger partial charge on any atom is -0.489 e. The van der Waals surface area contributed by atoms with Crippen molar-refractivity contribution in [3.05, 3.63) is 72.3 Å². The Kier molecular flexibility index (Phi) is 4.61. The second-order valence-electron chi connectivity index (χ2n) is 4.95. The van der Waals surface area contributed by atoms with Crippen molar-refractivity contribution < 1.29 is 9.13 Å². The SMILES string of the molecule is Fc1c(OCCNCc2ccccn2)ccc2ccccc12. The minimum absolute atomic E-state index is 0.290. The first kappa shape index (κ1) is 14.5. The standard InChI is InChI=1S/C18H17FN2O/c19-18-16-7-2-1-5-14(16)8-9-17(18)22-12-11-20-13-15-6-3-4-10-21-15/h1-10,20H,11-13H2. The zero-order chi connectivity index (χ0) is 15.2. The van der Waals surface area contributed by atoms with Crippen molar-refractivity contribution in [2.24, 2.45) is 0 Å². The largest absolute Gasteiger partial charge is 0.489 e. The molecule has 0 aliphatic carbocycles. The number of rotatable bonds is 6. The van der Waals surface area contributed by atoms with E-state index in [1.807, 2.05) is 42.5 Å². The van der Waals surface area contributed by atoms with E-state index in [0.29, 0.717) is 30.8 Å². The Balaban J connectivity index is 1.52. The van der Waals surface area contributed by atoms with E-state index in [2.05, 4.69) is 10.3 Å². The highest BCUT2D eigenvalue weighted by atomic mass is 19.1. The van der Waals surface area contributed by atoms with Gasteiger partial charge in [-0.3, -0.25) is 4.98 Å². The lowest BCUT2D eigenvalue weighted by Crippen LogP contribution is -2.21. The Morgan fingerprint density at radius 1 is 1.00 bits per heavy atom. The normalized spacial score (nSPS) is 10.8. The molecule has 0 saturated heterocycles. The molecule has 1 N–H and O–H groups in total. The molecule has 0 amide bonds. The third-order valence-corrected chi connectivity index (χ3v) is 3.40. The maximum Gasteiger partial charge on any atom is 0.172 e. The molecule has 0 unspecified atom stereocenters. The van der Waals surface area contributed by atoms with Crippen LogP contribution in [0, 0.1) is 5.82 Å². The van der Waals surface area contributed by atoms with Crippen molar-refractivity contribution in [2.45, 2.75) is 6.54 Å². The van der Waals surface area contributed by atoms with Crippen LogP contribution in [0.4, 0.5) is 4.39 Å². The van der Waals surface area contributed by atoms with Gasteiger partial charge in [-0.15, -0.1) is 0 Å². The summed E-state index contributed by atoms with van der Waals surface area (Å²) in [6, 6.07) is 16.7. The Morgan fingerprint density at radius 2 is 1.86 bits per heavy atom. The van der Waals surface area contributed by atoms with Crippen LogP contribution in [0.5, 0.6) is 5.75 Å². The van der Waals surface area contributed by atoms with Crippen LogP contribution in [0.2, 0.25) is 0 Å². The summed E-state index contributed by atoms with van der Waals surface area (Å²) in [6.07, 6.45) is 1.76. The van der Waals surface area contributed by atoms with Gasteiger partial charge in [-0.05, 0) is 23.6 Å². The molecule has 3 aromatic rings. The van der Waals surface area contributed by atoms with Crippen LogP contribution in [0.3, 0.4) is 0 Å². The van der Waals surface area contributed by atoms with E-state index >= 15 is 0 Å². The molecule has 0 aliphatic heterocycles. The van der Waals surface area contributed by atoms with E-state index in [4.69, 9.17) is 4.74 Å². The number of ether oxygens (including phenoxy) is 1. The molecule has 0 bridgehead atoms. The number of halogens is 1. The molecule has 0 radical (unpaired) electrons. The van der Waals surface area contributed by atoms with Crippen molar-refractivity contribution in [3.8, 4) is 5.75 Å². The van der Waals surface area contributed by atoms with Gasteiger partial charge in [-0.2, -0.15) is 0 Å². The summed E-state index contributed by atoms with van der Waals surface area (Å²) in [4.78, 5) is 4.22. The number of hydrogen-bond acceptors (Lipinski definition) is 3. The lowest BCUT2D eigenvalue weighted by molar-refractivity contribution is 0.299. The minimum atomic E-state index is -0.303. The second kappa shape index (κ2) is 7.00. The summed E-state index contributed by atoms with van der Waals surface area (Å²) in [5.41, 5.74) is 0.972. The van der Waals surface area contributed by atoms with Crippen LogP contribution in [0.1, 0.15) is 5.69 Å². The van der Waals surface area contributed by atoms with Crippen LogP contribution < -0.4 is 10.1 Å². The van der Waals surface area contributed by atoms with Crippen molar-refractivity contribution >= 4 is 10.8 Å². The summed E-state index contributed by atoms with van der Waals surface area (Å²) >= 11 is 0. The fourth-order valence-corrected chi connectivity index (χ4v) is 2.28. The topological polar surface area (TPSA) is 34.1 Å². The van der Waals surface area contributed by atoms with E-state index in [-0.39, 0.29) is 5.82 Å². The molecule has 2 aromatic carbocycles. The Hall–Kier alpha value is -2.46. The number of pyridine rings is 1. The van der Waals surface area contributed by atoms with E-state index in [1.54, 1.807) is 18.3 Å². The van der Waals surface area contributed by atoms with Crippen molar-refractivity contribution in [1.29, 1.82) is 0 Å². The molecule has 1 aromatic heterocycles. The van der Waals surface area contributed by atoms with Crippen LogP contribution in [-0.4, -0.2) is 18.1 Å². The molecule has 0 fully saturated rings. The lowest BCUT2D eigenvalue weighted by Gasteiger charge is -2.10. The molecule has 3 nitrogen and oxygen atoms in total. The highest BCUT2D eigenvalue weighted by Gasteiger charge is 2.07. The monoisotopic (exact) mass is 296 g/mol. The summed E-state index contributed by atoms with van der Waals surface area (Å²) < 4.78 is 19.8. The molecular formula is C18H17FN2O. The summed E-state index contributed by atoms with van der Waals surface area (Å²) in [6.45, 7) is 1.70. The van der Waals surface area contributed by atoms with Gasteiger partial charge in [0.1, 0.15) is 6.61 Å². The van der Waals surface area contributed by atoms with Gasteiger partial charge in [0.2, 0.25) is 0 Å². The smallest absolute Gasteiger partial charge is 0.172 e. The number of nitrogens with zero attached hydrogens (tertiary/aromatic N) is 1. The number of fused-ring (bicyclic) bond motifs is 1. The lowest BCUT2D eigenvalue weighted by atomic mass is 10.1. The van der Waals surface area contributed by atoms with Crippen LogP contribution in [0.25, 0.3) is 10.8 Å².